The van der Waals surface area contributed by atoms with Crippen molar-refractivity contribution in [2.45, 2.75) is 18.5 Å². The van der Waals surface area contributed by atoms with Gasteiger partial charge in [-0.25, -0.2) is 4.68 Å². The summed E-state index contributed by atoms with van der Waals surface area (Å²) in [4.78, 5) is 28.6. The Kier molecular flexibility index (Phi) is 6.88. The number of hydrogen-bond donors (Lipinski definition) is 2. The zero-order valence-electron chi connectivity index (χ0n) is 15.9. The van der Waals surface area contributed by atoms with Gasteiger partial charge in [-0.15, -0.1) is 10.2 Å². The second-order valence-electron chi connectivity index (χ2n) is 6.53. The van der Waals surface area contributed by atoms with Crippen molar-refractivity contribution in [3.63, 3.8) is 0 Å². The number of para-hydroxylation sites is 1. The Bertz CT molecular complexity index is 818. The highest BCUT2D eigenvalue weighted by atomic mass is 32.2. The van der Waals surface area contributed by atoms with Gasteiger partial charge in [0.1, 0.15) is 6.33 Å². The number of aryl methyl sites for hydroxylation is 1. The van der Waals surface area contributed by atoms with Crippen molar-refractivity contribution in [3.8, 4) is 0 Å². The second-order valence-corrected chi connectivity index (χ2v) is 7.47. The number of anilines is 1. The van der Waals surface area contributed by atoms with Crippen LogP contribution in [-0.2, 0) is 16.0 Å². The minimum Gasteiger partial charge on any atom is -0.339 e. The lowest BCUT2D eigenvalue weighted by atomic mass is 10.1. The minimum atomic E-state index is -0.0292. The molecule has 150 valence electrons. The Labute approximate surface area is 168 Å². The minimum absolute atomic E-state index is 0.0292. The monoisotopic (exact) mass is 403 g/mol. The molecule has 1 aromatic carbocycles. The molecule has 0 spiro atoms. The van der Waals surface area contributed by atoms with Crippen LogP contribution in [0.15, 0.2) is 35.7 Å². The van der Waals surface area contributed by atoms with Gasteiger partial charge in [0, 0.05) is 31.9 Å². The lowest BCUT2D eigenvalue weighted by molar-refractivity contribution is -0.130. The first-order valence-electron chi connectivity index (χ1n) is 9.22. The van der Waals surface area contributed by atoms with Crippen molar-refractivity contribution in [1.82, 2.24) is 24.7 Å². The standard InChI is InChI=1S/C18H25N7O2S/c1-2-14-5-3-4-6-15(14)21-16(26)11-23-7-9-24(10-8-23)17(27)12-28-18-22-20-13-25(18)19/h3-6,13H,2,7-12,19H2,1H3,(H,21,26). The maximum Gasteiger partial charge on any atom is 0.238 e. The van der Waals surface area contributed by atoms with Gasteiger partial charge in [0.05, 0.1) is 12.3 Å². The summed E-state index contributed by atoms with van der Waals surface area (Å²) in [7, 11) is 0. The summed E-state index contributed by atoms with van der Waals surface area (Å²) in [5, 5.41) is 11.0. The molecule has 1 aliphatic rings. The van der Waals surface area contributed by atoms with E-state index in [1.165, 1.54) is 22.8 Å². The van der Waals surface area contributed by atoms with E-state index in [4.69, 9.17) is 5.84 Å². The zero-order chi connectivity index (χ0) is 19.9. The van der Waals surface area contributed by atoms with E-state index in [9.17, 15) is 9.59 Å². The summed E-state index contributed by atoms with van der Waals surface area (Å²) in [5.74, 6) is 5.92. The molecule has 1 saturated heterocycles. The van der Waals surface area contributed by atoms with Crippen LogP contribution >= 0.6 is 11.8 Å². The average molecular weight is 404 g/mol. The third kappa shape index (κ3) is 5.23. The molecule has 3 rings (SSSR count). The van der Waals surface area contributed by atoms with E-state index in [1.807, 2.05) is 29.2 Å². The van der Waals surface area contributed by atoms with E-state index in [1.54, 1.807) is 0 Å². The molecule has 1 fully saturated rings. The fraction of sp³-hybridized carbons (Fsp3) is 0.444. The number of carbonyl (C=O) groups excluding carboxylic acids is 2. The molecule has 0 atom stereocenters. The smallest absolute Gasteiger partial charge is 0.238 e. The fourth-order valence-electron chi connectivity index (χ4n) is 3.05. The third-order valence-electron chi connectivity index (χ3n) is 4.63. The van der Waals surface area contributed by atoms with E-state index in [0.29, 0.717) is 37.9 Å². The van der Waals surface area contributed by atoms with Crippen LogP contribution in [0.25, 0.3) is 0 Å². The molecule has 1 aliphatic heterocycles. The van der Waals surface area contributed by atoms with Crippen molar-refractivity contribution in [3.05, 3.63) is 36.2 Å². The van der Waals surface area contributed by atoms with E-state index >= 15 is 0 Å². The molecule has 3 N–H and O–H groups in total. The summed E-state index contributed by atoms with van der Waals surface area (Å²) in [6.07, 6.45) is 2.27. The quantitative estimate of drug-likeness (QED) is 0.510. The lowest BCUT2D eigenvalue weighted by Gasteiger charge is -2.34. The van der Waals surface area contributed by atoms with Crippen LogP contribution < -0.4 is 11.2 Å². The summed E-state index contributed by atoms with van der Waals surface area (Å²) in [6.45, 7) is 4.95. The number of rotatable bonds is 7. The number of benzene rings is 1. The van der Waals surface area contributed by atoms with Crippen molar-refractivity contribution < 1.29 is 9.59 Å². The molecule has 0 saturated carbocycles. The molecule has 2 amide bonds. The zero-order valence-corrected chi connectivity index (χ0v) is 16.7. The summed E-state index contributed by atoms with van der Waals surface area (Å²) in [5.41, 5.74) is 1.99. The Morgan fingerprint density at radius 1 is 1.21 bits per heavy atom. The molecule has 2 heterocycles. The van der Waals surface area contributed by atoms with Gasteiger partial charge in [-0.3, -0.25) is 14.5 Å². The predicted octanol–water partition coefficient (Wildman–Crippen LogP) is 0.429. The van der Waals surface area contributed by atoms with Crippen LogP contribution in [0.2, 0.25) is 0 Å². The van der Waals surface area contributed by atoms with Crippen LogP contribution in [0.5, 0.6) is 0 Å². The Morgan fingerprint density at radius 3 is 2.64 bits per heavy atom. The number of aromatic nitrogens is 3. The number of hydrogen-bond acceptors (Lipinski definition) is 7. The van der Waals surface area contributed by atoms with Gasteiger partial charge in [-0.2, -0.15) is 0 Å². The van der Waals surface area contributed by atoms with Crippen LogP contribution in [0.3, 0.4) is 0 Å². The molecule has 0 unspecified atom stereocenters. The molecule has 2 aromatic rings. The van der Waals surface area contributed by atoms with Gasteiger partial charge >= 0.3 is 0 Å². The third-order valence-corrected chi connectivity index (χ3v) is 5.57. The van der Waals surface area contributed by atoms with Gasteiger partial charge < -0.3 is 16.1 Å². The summed E-state index contributed by atoms with van der Waals surface area (Å²) in [6, 6.07) is 7.84. The number of thioether (sulfide) groups is 1. The molecular formula is C18H25N7O2S. The van der Waals surface area contributed by atoms with Gasteiger partial charge in [-0.05, 0) is 18.1 Å². The summed E-state index contributed by atoms with van der Waals surface area (Å²) >= 11 is 1.27. The van der Waals surface area contributed by atoms with E-state index in [2.05, 4.69) is 27.3 Å². The van der Waals surface area contributed by atoms with Crippen molar-refractivity contribution in [2.24, 2.45) is 0 Å². The Hall–Kier alpha value is -2.59. The normalized spacial score (nSPS) is 14.8. The molecule has 0 bridgehead atoms. The van der Waals surface area contributed by atoms with E-state index in [0.717, 1.165) is 17.7 Å². The maximum absolute atomic E-state index is 12.4. The van der Waals surface area contributed by atoms with E-state index < -0.39 is 0 Å². The molecule has 28 heavy (non-hydrogen) atoms. The van der Waals surface area contributed by atoms with Crippen molar-refractivity contribution in [2.75, 3.05) is 49.6 Å². The topological polar surface area (TPSA) is 109 Å². The van der Waals surface area contributed by atoms with E-state index in [-0.39, 0.29) is 17.6 Å². The van der Waals surface area contributed by atoms with Gasteiger partial charge in [0.2, 0.25) is 17.0 Å². The second kappa shape index (κ2) is 9.56. The number of nitrogens with one attached hydrogen (secondary N) is 1. The average Bonchev–Trinajstić information content (AvgIpc) is 3.12. The van der Waals surface area contributed by atoms with Crippen LogP contribution in [0, 0.1) is 0 Å². The highest BCUT2D eigenvalue weighted by molar-refractivity contribution is 7.99. The SMILES string of the molecule is CCc1ccccc1NC(=O)CN1CCN(C(=O)CSc2nncn2N)CC1. The molecule has 1 aromatic heterocycles. The van der Waals surface area contributed by atoms with Crippen LogP contribution in [0.4, 0.5) is 5.69 Å². The number of nitrogens with two attached hydrogens (primary N) is 1. The Balaban J connectivity index is 1.41. The fourth-order valence-corrected chi connectivity index (χ4v) is 3.79. The van der Waals surface area contributed by atoms with Gasteiger partial charge in [0.15, 0.2) is 0 Å². The molecule has 9 nitrogen and oxygen atoms in total. The number of piperazine rings is 1. The number of carbonyl (C=O) groups is 2. The first-order chi connectivity index (χ1) is 13.6. The summed E-state index contributed by atoms with van der Waals surface area (Å²) < 4.78 is 1.30. The number of nitrogens with zero attached hydrogens (tertiary/aromatic N) is 5. The highest BCUT2D eigenvalue weighted by Crippen LogP contribution is 2.16. The van der Waals surface area contributed by atoms with Gasteiger partial charge in [-0.1, -0.05) is 36.9 Å². The first kappa shape index (κ1) is 20.2. The van der Waals surface area contributed by atoms with Crippen LogP contribution in [-0.4, -0.2) is 75.0 Å². The lowest BCUT2D eigenvalue weighted by Crippen LogP contribution is -2.50. The maximum atomic E-state index is 12.4. The molecule has 0 aliphatic carbocycles. The van der Waals surface area contributed by atoms with Crippen LogP contribution in [0.1, 0.15) is 12.5 Å². The van der Waals surface area contributed by atoms with Gasteiger partial charge in [0.25, 0.3) is 0 Å². The van der Waals surface area contributed by atoms with Crippen molar-refractivity contribution in [1.29, 1.82) is 0 Å². The highest BCUT2D eigenvalue weighted by Gasteiger charge is 2.23. The van der Waals surface area contributed by atoms with Crippen molar-refractivity contribution >= 4 is 29.3 Å². The first-order valence-corrected chi connectivity index (χ1v) is 10.2. The molecular weight excluding hydrogens is 378 g/mol. The number of nitrogen functional groups attached to an aromatic ring is 1. The largest absolute Gasteiger partial charge is 0.339 e. The number of amides is 2. The predicted molar refractivity (Wildman–Crippen MR) is 108 cm³/mol. The molecule has 10 heteroatoms. The Morgan fingerprint density at radius 2 is 1.96 bits per heavy atom. The molecule has 0 radical (unpaired) electrons.